The molecule has 82 valence electrons. The van der Waals surface area contributed by atoms with E-state index < -0.39 is 0 Å². The summed E-state index contributed by atoms with van der Waals surface area (Å²) >= 11 is 3.46. The van der Waals surface area contributed by atoms with Gasteiger partial charge in [-0.25, -0.2) is 0 Å². The molecule has 1 nitrogen and oxygen atoms in total. The predicted octanol–water partition coefficient (Wildman–Crippen LogP) is 4.24. The van der Waals surface area contributed by atoms with Gasteiger partial charge in [0.2, 0.25) is 0 Å². The van der Waals surface area contributed by atoms with Gasteiger partial charge in [0.1, 0.15) is 0 Å². The lowest BCUT2D eigenvalue weighted by Crippen LogP contribution is -2.00. The Hall–Kier alpha value is -0.630. The molecular formula is C13H17BrO. The molecular weight excluding hydrogens is 252 g/mol. The Kier molecular flexibility index (Phi) is 4.52. The lowest BCUT2D eigenvalue weighted by Gasteiger charge is -2.07. The van der Waals surface area contributed by atoms with Crippen molar-refractivity contribution in [2.75, 3.05) is 0 Å². The second kappa shape index (κ2) is 5.45. The first-order valence-corrected chi connectivity index (χ1v) is 6.15. The number of ketones is 1. The maximum absolute atomic E-state index is 11.5. The molecule has 1 rings (SSSR count). The van der Waals surface area contributed by atoms with E-state index in [1.165, 1.54) is 5.56 Å². The van der Waals surface area contributed by atoms with Crippen molar-refractivity contribution in [3.8, 4) is 0 Å². The van der Waals surface area contributed by atoms with Crippen molar-refractivity contribution in [2.24, 2.45) is 5.92 Å². The molecule has 0 atom stereocenters. The number of hydrogen-bond acceptors (Lipinski definition) is 1. The molecule has 0 bridgehead atoms. The molecule has 2 heteroatoms. The molecule has 0 spiro atoms. The Morgan fingerprint density at radius 1 is 1.40 bits per heavy atom. The summed E-state index contributed by atoms with van der Waals surface area (Å²) in [5.41, 5.74) is 2.08. The van der Waals surface area contributed by atoms with Gasteiger partial charge < -0.3 is 0 Å². The molecule has 0 aliphatic carbocycles. The van der Waals surface area contributed by atoms with Gasteiger partial charge in [-0.2, -0.15) is 0 Å². The second-order valence-electron chi connectivity index (χ2n) is 4.19. The van der Waals surface area contributed by atoms with Crippen LogP contribution < -0.4 is 0 Å². The molecule has 0 fully saturated rings. The van der Waals surface area contributed by atoms with E-state index >= 15 is 0 Å². The second-order valence-corrected chi connectivity index (χ2v) is 5.04. The van der Waals surface area contributed by atoms with Crippen LogP contribution in [-0.4, -0.2) is 5.78 Å². The van der Waals surface area contributed by atoms with E-state index in [1.807, 2.05) is 19.1 Å². The largest absolute Gasteiger partial charge is 0.294 e. The average Bonchev–Trinajstić information content (AvgIpc) is 2.16. The van der Waals surface area contributed by atoms with Crippen LogP contribution in [0.5, 0.6) is 0 Å². The van der Waals surface area contributed by atoms with E-state index in [2.05, 4.69) is 35.8 Å². The van der Waals surface area contributed by atoms with Crippen molar-refractivity contribution < 1.29 is 4.79 Å². The fourth-order valence-corrected chi connectivity index (χ4v) is 2.22. The zero-order valence-corrected chi connectivity index (χ0v) is 11.1. The monoisotopic (exact) mass is 268 g/mol. The topological polar surface area (TPSA) is 17.1 Å². The summed E-state index contributed by atoms with van der Waals surface area (Å²) in [7, 11) is 0. The van der Waals surface area contributed by atoms with Gasteiger partial charge in [0.25, 0.3) is 0 Å². The highest BCUT2D eigenvalue weighted by atomic mass is 79.9. The van der Waals surface area contributed by atoms with Crippen LogP contribution in [0, 0.1) is 5.92 Å². The van der Waals surface area contributed by atoms with Crippen molar-refractivity contribution in [3.63, 3.8) is 0 Å². The quantitative estimate of drug-likeness (QED) is 0.747. The van der Waals surface area contributed by atoms with Crippen LogP contribution in [0.1, 0.15) is 43.1 Å². The van der Waals surface area contributed by atoms with Crippen molar-refractivity contribution >= 4 is 21.7 Å². The summed E-state index contributed by atoms with van der Waals surface area (Å²) in [5.74, 6) is 0.836. The lowest BCUT2D eigenvalue weighted by atomic mass is 10.0. The highest BCUT2D eigenvalue weighted by Gasteiger charge is 2.08. The Balaban J connectivity index is 2.93. The van der Waals surface area contributed by atoms with Crippen molar-refractivity contribution in [2.45, 2.75) is 33.6 Å². The number of carbonyl (C=O) groups is 1. The molecule has 0 radical (unpaired) electrons. The van der Waals surface area contributed by atoms with Crippen LogP contribution in [0.4, 0.5) is 0 Å². The van der Waals surface area contributed by atoms with Gasteiger partial charge in [-0.15, -0.1) is 0 Å². The van der Waals surface area contributed by atoms with Gasteiger partial charge in [-0.3, -0.25) is 4.79 Å². The summed E-state index contributed by atoms with van der Waals surface area (Å²) < 4.78 is 0.924. The molecule has 1 aromatic carbocycles. The molecule has 0 N–H and O–H groups in total. The Morgan fingerprint density at radius 2 is 2.07 bits per heavy atom. The third-order valence-electron chi connectivity index (χ3n) is 2.30. The normalized spacial score (nSPS) is 10.7. The van der Waals surface area contributed by atoms with E-state index in [4.69, 9.17) is 0 Å². The van der Waals surface area contributed by atoms with Gasteiger partial charge in [0.05, 0.1) is 0 Å². The highest BCUT2D eigenvalue weighted by molar-refractivity contribution is 9.10. The smallest absolute Gasteiger partial charge is 0.163 e. The minimum absolute atomic E-state index is 0.193. The van der Waals surface area contributed by atoms with Crippen molar-refractivity contribution in [1.29, 1.82) is 0 Å². The standard InChI is InChI=1S/C13H17BrO/c1-4-13(15)11-6-5-10(7-9(2)3)8-12(11)14/h5-6,8-9H,4,7H2,1-3H3. The van der Waals surface area contributed by atoms with Gasteiger partial charge in [0, 0.05) is 16.5 Å². The minimum atomic E-state index is 0.193. The van der Waals surface area contributed by atoms with E-state index in [1.54, 1.807) is 0 Å². The van der Waals surface area contributed by atoms with E-state index in [0.717, 1.165) is 16.5 Å². The molecule has 0 aromatic heterocycles. The molecule has 0 saturated carbocycles. The maximum atomic E-state index is 11.5. The van der Waals surface area contributed by atoms with Crippen LogP contribution in [0.25, 0.3) is 0 Å². The van der Waals surface area contributed by atoms with Gasteiger partial charge in [-0.05, 0) is 30.0 Å². The van der Waals surface area contributed by atoms with Crippen LogP contribution in [0.2, 0.25) is 0 Å². The van der Waals surface area contributed by atoms with Crippen LogP contribution >= 0.6 is 15.9 Å². The zero-order valence-electron chi connectivity index (χ0n) is 9.51. The number of Topliss-reactive ketones (excluding diaryl/α,β-unsaturated/α-hetero) is 1. The average molecular weight is 269 g/mol. The van der Waals surface area contributed by atoms with Gasteiger partial charge >= 0.3 is 0 Å². The number of hydrogen-bond donors (Lipinski definition) is 0. The predicted molar refractivity (Wildman–Crippen MR) is 67.3 cm³/mol. The summed E-state index contributed by atoms with van der Waals surface area (Å²) in [4.78, 5) is 11.5. The minimum Gasteiger partial charge on any atom is -0.294 e. The fraction of sp³-hybridized carbons (Fsp3) is 0.462. The van der Waals surface area contributed by atoms with Crippen LogP contribution in [0.15, 0.2) is 22.7 Å². The zero-order chi connectivity index (χ0) is 11.4. The highest BCUT2D eigenvalue weighted by Crippen LogP contribution is 2.21. The summed E-state index contributed by atoms with van der Waals surface area (Å²) in [6, 6.07) is 6.03. The first-order valence-electron chi connectivity index (χ1n) is 5.36. The molecule has 0 aliphatic heterocycles. The molecule has 0 heterocycles. The van der Waals surface area contributed by atoms with E-state index in [0.29, 0.717) is 12.3 Å². The first-order chi connectivity index (χ1) is 7.04. The molecule has 0 unspecified atom stereocenters. The molecule has 0 saturated heterocycles. The molecule has 0 aliphatic rings. The maximum Gasteiger partial charge on any atom is 0.163 e. The molecule has 15 heavy (non-hydrogen) atoms. The summed E-state index contributed by atoms with van der Waals surface area (Å²) in [6.45, 7) is 6.27. The Morgan fingerprint density at radius 3 is 2.53 bits per heavy atom. The van der Waals surface area contributed by atoms with Crippen molar-refractivity contribution in [1.82, 2.24) is 0 Å². The van der Waals surface area contributed by atoms with E-state index in [9.17, 15) is 4.79 Å². The third kappa shape index (κ3) is 3.45. The number of rotatable bonds is 4. The van der Waals surface area contributed by atoms with Crippen molar-refractivity contribution in [3.05, 3.63) is 33.8 Å². The van der Waals surface area contributed by atoms with E-state index in [-0.39, 0.29) is 5.78 Å². The van der Waals surface area contributed by atoms with Gasteiger partial charge in [-0.1, -0.05) is 42.8 Å². The number of carbonyl (C=O) groups excluding carboxylic acids is 1. The summed E-state index contributed by atoms with van der Waals surface area (Å²) in [6.07, 6.45) is 1.61. The van der Waals surface area contributed by atoms with Crippen LogP contribution in [0.3, 0.4) is 0 Å². The third-order valence-corrected chi connectivity index (χ3v) is 2.96. The van der Waals surface area contributed by atoms with Crippen LogP contribution in [-0.2, 0) is 6.42 Å². The summed E-state index contributed by atoms with van der Waals surface area (Å²) in [5, 5.41) is 0. The number of halogens is 1. The molecule has 1 aromatic rings. The first kappa shape index (κ1) is 12.4. The van der Waals surface area contributed by atoms with Gasteiger partial charge in [0.15, 0.2) is 5.78 Å². The lowest BCUT2D eigenvalue weighted by molar-refractivity contribution is 0.0987. The molecule has 0 amide bonds. The fourth-order valence-electron chi connectivity index (χ4n) is 1.57. The Bertz CT molecular complexity index is 356. The Labute approximate surface area is 100 Å². The SMILES string of the molecule is CCC(=O)c1ccc(CC(C)C)cc1Br. The number of benzene rings is 1.